The molecule has 0 amide bonds. The molecular formula is C11H12N2O4. The number of hydrogen-bond donors (Lipinski definition) is 0. The Bertz CT molecular complexity index is 657. The van der Waals surface area contributed by atoms with Crippen molar-refractivity contribution >= 4 is 11.0 Å². The highest BCUT2D eigenvalue weighted by Crippen LogP contribution is 2.06. The van der Waals surface area contributed by atoms with E-state index >= 15 is 0 Å². The maximum absolute atomic E-state index is 11.6. The largest absolute Gasteiger partial charge is 0.423 e. The number of ether oxygens (including phenoxy) is 1. The first-order chi connectivity index (χ1) is 8.13. The SMILES string of the molecule is COCCn1c(=O)oc(=O)c2ccc(C)nc21. The topological polar surface area (TPSA) is 74.3 Å². The third-order valence-electron chi connectivity index (χ3n) is 2.41. The fourth-order valence-corrected chi connectivity index (χ4v) is 1.56. The molecule has 6 nitrogen and oxygen atoms in total. The molecule has 0 unspecified atom stereocenters. The number of methoxy groups -OCH3 is 1. The van der Waals surface area contributed by atoms with Crippen LogP contribution in [0.2, 0.25) is 0 Å². The molecule has 6 heteroatoms. The number of fused-ring (bicyclic) bond motifs is 1. The zero-order valence-corrected chi connectivity index (χ0v) is 9.60. The van der Waals surface area contributed by atoms with Gasteiger partial charge in [-0.25, -0.2) is 14.6 Å². The van der Waals surface area contributed by atoms with Crippen molar-refractivity contribution in [3.63, 3.8) is 0 Å². The fraction of sp³-hybridized carbons (Fsp3) is 0.364. The Morgan fingerprint density at radius 1 is 1.41 bits per heavy atom. The van der Waals surface area contributed by atoms with Crippen molar-refractivity contribution < 1.29 is 9.15 Å². The first kappa shape index (κ1) is 11.5. The zero-order chi connectivity index (χ0) is 12.4. The Labute approximate surface area is 96.5 Å². The Kier molecular flexibility index (Phi) is 3.06. The second kappa shape index (κ2) is 4.50. The first-order valence-electron chi connectivity index (χ1n) is 5.13. The van der Waals surface area contributed by atoms with Gasteiger partial charge in [-0.3, -0.25) is 4.57 Å². The number of aryl methyl sites for hydroxylation is 1. The first-order valence-corrected chi connectivity index (χ1v) is 5.13. The summed E-state index contributed by atoms with van der Waals surface area (Å²) in [6, 6.07) is 3.30. The van der Waals surface area contributed by atoms with Crippen LogP contribution in [0.1, 0.15) is 5.69 Å². The van der Waals surface area contributed by atoms with Gasteiger partial charge in [0.15, 0.2) is 5.65 Å². The molecule has 0 spiro atoms. The average Bonchev–Trinajstić information content (AvgIpc) is 2.28. The summed E-state index contributed by atoms with van der Waals surface area (Å²) in [5.41, 5.74) is 0.406. The third kappa shape index (κ3) is 2.12. The van der Waals surface area contributed by atoms with Gasteiger partial charge >= 0.3 is 11.4 Å². The second-order valence-electron chi connectivity index (χ2n) is 3.62. The number of pyridine rings is 1. The quantitative estimate of drug-likeness (QED) is 0.766. The molecule has 0 N–H and O–H groups in total. The molecule has 2 aromatic rings. The van der Waals surface area contributed by atoms with Crippen LogP contribution in [0, 0.1) is 6.92 Å². The minimum atomic E-state index is -0.711. The Hall–Kier alpha value is -1.95. The number of nitrogens with zero attached hydrogens (tertiary/aromatic N) is 2. The van der Waals surface area contributed by atoms with E-state index in [1.807, 2.05) is 0 Å². The van der Waals surface area contributed by atoms with Crippen LogP contribution >= 0.6 is 0 Å². The van der Waals surface area contributed by atoms with Gasteiger partial charge in [-0.2, -0.15) is 0 Å². The van der Waals surface area contributed by atoms with Crippen LogP contribution in [0.25, 0.3) is 11.0 Å². The van der Waals surface area contributed by atoms with Gasteiger partial charge in [0.05, 0.1) is 13.2 Å². The smallest absolute Gasteiger partial charge is 0.383 e. The molecule has 0 aliphatic carbocycles. The van der Waals surface area contributed by atoms with Crippen molar-refractivity contribution in [1.82, 2.24) is 9.55 Å². The lowest BCUT2D eigenvalue weighted by Crippen LogP contribution is -2.27. The number of rotatable bonds is 3. The maximum atomic E-state index is 11.6. The van der Waals surface area contributed by atoms with Crippen molar-refractivity contribution in [2.45, 2.75) is 13.5 Å². The fourth-order valence-electron chi connectivity index (χ4n) is 1.56. The predicted molar refractivity (Wildman–Crippen MR) is 61.2 cm³/mol. The standard InChI is InChI=1S/C11H12N2O4/c1-7-3-4-8-9(12-7)13(5-6-16-2)11(15)17-10(8)14/h3-4H,5-6H2,1-2H3. The minimum absolute atomic E-state index is 0.298. The molecule has 0 saturated carbocycles. The summed E-state index contributed by atoms with van der Waals surface area (Å²) in [4.78, 5) is 27.3. The van der Waals surface area contributed by atoms with E-state index in [1.54, 1.807) is 19.1 Å². The average molecular weight is 236 g/mol. The van der Waals surface area contributed by atoms with Crippen LogP contribution in [-0.2, 0) is 11.3 Å². The van der Waals surface area contributed by atoms with Gasteiger partial charge in [-0.1, -0.05) is 0 Å². The molecule has 0 fully saturated rings. The molecule has 0 bridgehead atoms. The van der Waals surface area contributed by atoms with Crippen molar-refractivity contribution in [2.75, 3.05) is 13.7 Å². The van der Waals surface area contributed by atoms with Crippen LogP contribution in [0.5, 0.6) is 0 Å². The summed E-state index contributed by atoms with van der Waals surface area (Å²) in [5, 5.41) is 0.298. The van der Waals surface area contributed by atoms with Gasteiger partial charge in [0.25, 0.3) is 0 Å². The van der Waals surface area contributed by atoms with Crippen LogP contribution in [0.3, 0.4) is 0 Å². The van der Waals surface area contributed by atoms with Gasteiger partial charge in [-0.05, 0) is 19.1 Å². The molecule has 0 aromatic carbocycles. The minimum Gasteiger partial charge on any atom is -0.383 e. The lowest BCUT2D eigenvalue weighted by molar-refractivity contribution is 0.183. The van der Waals surface area contributed by atoms with E-state index in [4.69, 9.17) is 4.74 Å². The molecule has 0 aliphatic rings. The molecule has 0 atom stereocenters. The third-order valence-corrected chi connectivity index (χ3v) is 2.41. The number of aromatic nitrogens is 2. The second-order valence-corrected chi connectivity index (χ2v) is 3.62. The van der Waals surface area contributed by atoms with E-state index in [0.717, 1.165) is 5.69 Å². The molecule has 2 aromatic heterocycles. The molecule has 0 radical (unpaired) electrons. The molecular weight excluding hydrogens is 224 g/mol. The van der Waals surface area contributed by atoms with Crippen LogP contribution in [0.15, 0.2) is 26.1 Å². The van der Waals surface area contributed by atoms with Crippen molar-refractivity contribution in [1.29, 1.82) is 0 Å². The highest BCUT2D eigenvalue weighted by molar-refractivity contribution is 5.73. The van der Waals surface area contributed by atoms with Crippen molar-refractivity contribution in [3.05, 3.63) is 38.8 Å². The monoisotopic (exact) mass is 236 g/mol. The van der Waals surface area contributed by atoms with Crippen molar-refractivity contribution in [3.8, 4) is 0 Å². The molecule has 2 rings (SSSR count). The summed E-state index contributed by atoms with van der Waals surface area (Å²) < 4.78 is 10.8. The Balaban J connectivity index is 2.76. The highest BCUT2D eigenvalue weighted by atomic mass is 16.5. The van der Waals surface area contributed by atoms with Gasteiger partial charge in [0, 0.05) is 12.8 Å². The Morgan fingerprint density at radius 3 is 2.88 bits per heavy atom. The van der Waals surface area contributed by atoms with Gasteiger partial charge in [0.1, 0.15) is 5.39 Å². The molecule has 2 heterocycles. The lowest BCUT2D eigenvalue weighted by atomic mass is 10.3. The summed E-state index contributed by atoms with van der Waals surface area (Å²) in [6.07, 6.45) is 0. The molecule has 0 aliphatic heterocycles. The predicted octanol–water partition coefficient (Wildman–Crippen LogP) is 0.305. The summed E-state index contributed by atoms with van der Waals surface area (Å²) in [6.45, 7) is 2.43. The summed E-state index contributed by atoms with van der Waals surface area (Å²) in [7, 11) is 1.53. The summed E-state index contributed by atoms with van der Waals surface area (Å²) >= 11 is 0. The van der Waals surface area contributed by atoms with E-state index in [0.29, 0.717) is 24.2 Å². The maximum Gasteiger partial charge on any atom is 0.423 e. The van der Waals surface area contributed by atoms with E-state index in [9.17, 15) is 9.59 Å². The van der Waals surface area contributed by atoms with Gasteiger partial charge < -0.3 is 9.15 Å². The number of hydrogen-bond acceptors (Lipinski definition) is 5. The van der Waals surface area contributed by atoms with E-state index in [1.165, 1.54) is 11.7 Å². The summed E-state index contributed by atoms with van der Waals surface area (Å²) in [5.74, 6) is -0.711. The van der Waals surface area contributed by atoms with Gasteiger partial charge in [0.2, 0.25) is 0 Å². The molecule has 17 heavy (non-hydrogen) atoms. The zero-order valence-electron chi connectivity index (χ0n) is 9.60. The van der Waals surface area contributed by atoms with Crippen LogP contribution < -0.4 is 11.4 Å². The normalized spacial score (nSPS) is 10.9. The van der Waals surface area contributed by atoms with Gasteiger partial charge in [-0.15, -0.1) is 0 Å². The van der Waals surface area contributed by atoms with E-state index in [-0.39, 0.29) is 0 Å². The molecule has 90 valence electrons. The Morgan fingerprint density at radius 2 is 2.18 bits per heavy atom. The van der Waals surface area contributed by atoms with E-state index in [2.05, 4.69) is 9.40 Å². The lowest BCUT2D eigenvalue weighted by Gasteiger charge is -2.07. The molecule has 0 saturated heterocycles. The van der Waals surface area contributed by atoms with Crippen LogP contribution in [0.4, 0.5) is 0 Å². The highest BCUT2D eigenvalue weighted by Gasteiger charge is 2.10. The van der Waals surface area contributed by atoms with Crippen molar-refractivity contribution in [2.24, 2.45) is 0 Å². The van der Waals surface area contributed by atoms with Crippen LogP contribution in [-0.4, -0.2) is 23.3 Å². The van der Waals surface area contributed by atoms with E-state index < -0.39 is 11.4 Å².